The zero-order valence-electron chi connectivity index (χ0n) is 7.49. The fourth-order valence-electron chi connectivity index (χ4n) is 1.23. The van der Waals surface area contributed by atoms with Crippen LogP contribution in [0.4, 0.5) is 11.4 Å². The average Bonchev–Trinajstić information content (AvgIpc) is 2.03. The van der Waals surface area contributed by atoms with Crippen LogP contribution in [0.2, 0.25) is 0 Å². The molecule has 1 aromatic carbocycles. The molecule has 1 aromatic rings. The highest BCUT2D eigenvalue weighted by molar-refractivity contribution is 7.98. The maximum Gasteiger partial charge on any atom is 0.0712 e. The zero-order chi connectivity index (χ0) is 10.0. The highest BCUT2D eigenvalue weighted by Gasteiger charge is 2.08. The Hall–Kier alpha value is -0.480. The molecule has 0 atom stereocenters. The Kier molecular flexibility index (Phi) is 3.39. The van der Waals surface area contributed by atoms with E-state index in [1.54, 1.807) is 6.07 Å². The maximum atomic E-state index is 5.77. The van der Waals surface area contributed by atoms with Gasteiger partial charge in [0.1, 0.15) is 0 Å². The molecule has 0 amide bonds. The Morgan fingerprint density at radius 2 is 1.85 bits per heavy atom. The molecular formula is C9H14N2S2. The van der Waals surface area contributed by atoms with Crippen molar-refractivity contribution < 1.29 is 0 Å². The van der Waals surface area contributed by atoms with Gasteiger partial charge >= 0.3 is 0 Å². The zero-order valence-corrected chi connectivity index (χ0v) is 9.28. The third kappa shape index (κ3) is 2.25. The normalized spacial score (nSPS) is 10.8. The predicted molar refractivity (Wildman–Crippen MR) is 65.4 cm³/mol. The Labute approximate surface area is 89.5 Å². The van der Waals surface area contributed by atoms with Crippen LogP contribution in [0.3, 0.4) is 0 Å². The summed E-state index contributed by atoms with van der Waals surface area (Å²) in [6.07, 6.45) is 0.896. The van der Waals surface area contributed by atoms with E-state index >= 15 is 0 Å². The molecule has 0 fully saturated rings. The van der Waals surface area contributed by atoms with Crippen molar-refractivity contribution in [1.29, 1.82) is 0 Å². The second-order valence-corrected chi connectivity index (χ2v) is 4.35. The SMILES string of the molecule is CCc1cc(C(S)S)c(N)cc1N. The molecule has 0 aliphatic carbocycles. The summed E-state index contributed by atoms with van der Waals surface area (Å²) in [6, 6.07) is 3.74. The summed E-state index contributed by atoms with van der Waals surface area (Å²) in [6.45, 7) is 2.05. The molecule has 0 spiro atoms. The molecule has 0 radical (unpaired) electrons. The quantitative estimate of drug-likeness (QED) is 0.347. The maximum absolute atomic E-state index is 5.77. The van der Waals surface area contributed by atoms with Crippen LogP contribution in [-0.4, -0.2) is 0 Å². The van der Waals surface area contributed by atoms with Gasteiger partial charge in [0.25, 0.3) is 0 Å². The highest BCUT2D eigenvalue weighted by Crippen LogP contribution is 2.32. The Bertz CT molecular complexity index is 311. The van der Waals surface area contributed by atoms with E-state index in [9.17, 15) is 0 Å². The van der Waals surface area contributed by atoms with Crippen LogP contribution in [0.5, 0.6) is 0 Å². The van der Waals surface area contributed by atoms with Crippen molar-refractivity contribution in [3.63, 3.8) is 0 Å². The third-order valence-corrected chi connectivity index (χ3v) is 2.56. The lowest BCUT2D eigenvalue weighted by Crippen LogP contribution is -2.00. The number of thiol groups is 2. The van der Waals surface area contributed by atoms with Gasteiger partial charge in [0, 0.05) is 11.4 Å². The van der Waals surface area contributed by atoms with Crippen molar-refractivity contribution in [3.8, 4) is 0 Å². The monoisotopic (exact) mass is 214 g/mol. The van der Waals surface area contributed by atoms with Gasteiger partial charge in [0.15, 0.2) is 0 Å². The molecule has 0 aliphatic rings. The van der Waals surface area contributed by atoms with E-state index in [1.165, 1.54) is 0 Å². The molecule has 0 aromatic heterocycles. The second kappa shape index (κ2) is 4.15. The van der Waals surface area contributed by atoms with Crippen LogP contribution in [0.1, 0.15) is 22.6 Å². The van der Waals surface area contributed by atoms with Gasteiger partial charge in [0.2, 0.25) is 0 Å². The Balaban J connectivity index is 3.22. The largest absolute Gasteiger partial charge is 0.398 e. The number of anilines is 2. The fraction of sp³-hybridized carbons (Fsp3) is 0.333. The summed E-state index contributed by atoms with van der Waals surface area (Å²) < 4.78 is -0.147. The Morgan fingerprint density at radius 1 is 1.23 bits per heavy atom. The van der Waals surface area contributed by atoms with Crippen molar-refractivity contribution in [2.45, 2.75) is 17.9 Å². The summed E-state index contributed by atoms with van der Waals surface area (Å²) in [4.78, 5) is 0. The first-order chi connectivity index (χ1) is 6.06. The number of nitrogens with two attached hydrogens (primary N) is 2. The van der Waals surface area contributed by atoms with Gasteiger partial charge in [-0.2, -0.15) is 25.3 Å². The van der Waals surface area contributed by atoms with Crippen molar-refractivity contribution in [3.05, 3.63) is 23.3 Å². The number of hydrogen-bond acceptors (Lipinski definition) is 4. The van der Waals surface area contributed by atoms with Gasteiger partial charge in [-0.1, -0.05) is 6.92 Å². The second-order valence-electron chi connectivity index (χ2n) is 2.91. The predicted octanol–water partition coefficient (Wildman–Crippen LogP) is 2.27. The third-order valence-electron chi connectivity index (χ3n) is 2.00. The molecule has 0 unspecified atom stereocenters. The average molecular weight is 214 g/mol. The van der Waals surface area contributed by atoms with E-state index in [-0.39, 0.29) is 4.58 Å². The molecular weight excluding hydrogens is 200 g/mol. The van der Waals surface area contributed by atoms with Gasteiger partial charge in [-0.25, -0.2) is 0 Å². The molecule has 4 heteroatoms. The van der Waals surface area contributed by atoms with E-state index in [2.05, 4.69) is 32.2 Å². The number of rotatable bonds is 2. The molecule has 4 N–H and O–H groups in total. The molecule has 0 saturated carbocycles. The summed E-state index contributed by atoms with van der Waals surface area (Å²) >= 11 is 8.44. The number of benzene rings is 1. The number of hydrogen-bond donors (Lipinski definition) is 4. The highest BCUT2D eigenvalue weighted by atomic mass is 32.2. The number of nitrogen functional groups attached to an aromatic ring is 2. The first-order valence-corrected chi connectivity index (χ1v) is 5.13. The molecule has 0 heterocycles. The minimum Gasteiger partial charge on any atom is -0.398 e. The van der Waals surface area contributed by atoms with Gasteiger partial charge in [-0.05, 0) is 29.7 Å². The van der Waals surface area contributed by atoms with E-state index in [1.807, 2.05) is 6.07 Å². The van der Waals surface area contributed by atoms with Crippen LogP contribution in [0.15, 0.2) is 12.1 Å². The molecule has 0 bridgehead atoms. The van der Waals surface area contributed by atoms with Crippen LogP contribution in [0, 0.1) is 0 Å². The van der Waals surface area contributed by atoms with Gasteiger partial charge in [0.05, 0.1) is 4.58 Å². The van der Waals surface area contributed by atoms with Crippen LogP contribution >= 0.6 is 25.3 Å². The molecule has 13 heavy (non-hydrogen) atoms. The Morgan fingerprint density at radius 3 is 2.31 bits per heavy atom. The van der Waals surface area contributed by atoms with Crippen LogP contribution < -0.4 is 11.5 Å². The molecule has 1 rings (SSSR count). The summed E-state index contributed by atoms with van der Waals surface area (Å²) in [5.74, 6) is 0. The molecule has 0 aliphatic heterocycles. The van der Waals surface area contributed by atoms with Gasteiger partial charge < -0.3 is 11.5 Å². The van der Waals surface area contributed by atoms with E-state index in [0.717, 1.165) is 23.2 Å². The molecule has 0 saturated heterocycles. The van der Waals surface area contributed by atoms with E-state index in [4.69, 9.17) is 11.5 Å². The minimum absolute atomic E-state index is 0.147. The van der Waals surface area contributed by atoms with Crippen molar-refractivity contribution in [2.24, 2.45) is 0 Å². The lowest BCUT2D eigenvalue weighted by atomic mass is 10.1. The van der Waals surface area contributed by atoms with Crippen LogP contribution in [-0.2, 0) is 6.42 Å². The lowest BCUT2D eigenvalue weighted by molar-refractivity contribution is 1.13. The lowest BCUT2D eigenvalue weighted by Gasteiger charge is -2.12. The van der Waals surface area contributed by atoms with Gasteiger partial charge in [-0.3, -0.25) is 0 Å². The topological polar surface area (TPSA) is 52.0 Å². The summed E-state index contributed by atoms with van der Waals surface area (Å²) in [5.41, 5.74) is 15.0. The van der Waals surface area contributed by atoms with Crippen molar-refractivity contribution in [1.82, 2.24) is 0 Å². The van der Waals surface area contributed by atoms with Crippen molar-refractivity contribution in [2.75, 3.05) is 11.5 Å². The first-order valence-electron chi connectivity index (χ1n) is 4.10. The smallest absolute Gasteiger partial charge is 0.0712 e. The van der Waals surface area contributed by atoms with Gasteiger partial charge in [-0.15, -0.1) is 0 Å². The van der Waals surface area contributed by atoms with Crippen molar-refractivity contribution >= 4 is 36.6 Å². The molecule has 2 nitrogen and oxygen atoms in total. The van der Waals surface area contributed by atoms with E-state index < -0.39 is 0 Å². The van der Waals surface area contributed by atoms with Crippen LogP contribution in [0.25, 0.3) is 0 Å². The summed E-state index contributed by atoms with van der Waals surface area (Å²) in [7, 11) is 0. The minimum atomic E-state index is -0.147. The summed E-state index contributed by atoms with van der Waals surface area (Å²) in [5, 5.41) is 0. The first kappa shape index (κ1) is 10.6. The fourth-order valence-corrected chi connectivity index (χ4v) is 1.67. The molecule has 72 valence electrons. The van der Waals surface area contributed by atoms with E-state index in [0.29, 0.717) is 5.69 Å². The standard InChI is InChI=1S/C9H14N2S2/c1-2-5-3-6(9(12)13)8(11)4-7(5)10/h3-4,9,12-13H,2,10-11H2,1H3. The number of aryl methyl sites for hydroxylation is 1.